The van der Waals surface area contributed by atoms with Gasteiger partial charge >= 0.3 is 0 Å². The number of benzene rings is 1. The fraction of sp³-hybridized carbons (Fsp3) is 0.333. The Labute approximate surface area is 159 Å². The SMILES string of the molecule is COc1cc([C@@H]2[C@H](c3ccccn3)N=C3S[C@H](C)CN32)cc(Br)c1O. The molecule has 2 aromatic rings. The van der Waals surface area contributed by atoms with Gasteiger partial charge in [0.15, 0.2) is 16.7 Å². The zero-order valence-electron chi connectivity index (χ0n) is 13.9. The average Bonchev–Trinajstić information content (AvgIpc) is 3.14. The summed E-state index contributed by atoms with van der Waals surface area (Å²) in [5, 5.41) is 11.7. The maximum Gasteiger partial charge on any atom is 0.172 e. The highest BCUT2D eigenvalue weighted by molar-refractivity contribution is 9.10. The second-order valence-corrected chi connectivity index (χ2v) is 8.45. The summed E-state index contributed by atoms with van der Waals surface area (Å²) in [6.45, 7) is 3.16. The van der Waals surface area contributed by atoms with Crippen molar-refractivity contribution in [1.29, 1.82) is 0 Å². The Morgan fingerprint density at radius 1 is 1.36 bits per heavy atom. The number of rotatable bonds is 3. The molecule has 1 fully saturated rings. The Morgan fingerprint density at radius 3 is 2.92 bits per heavy atom. The van der Waals surface area contributed by atoms with Gasteiger partial charge in [-0.15, -0.1) is 0 Å². The molecule has 25 heavy (non-hydrogen) atoms. The second-order valence-electron chi connectivity index (χ2n) is 6.19. The number of pyridine rings is 1. The van der Waals surface area contributed by atoms with Gasteiger partial charge in [0.1, 0.15) is 6.04 Å². The number of phenolic OH excluding ortho intramolecular Hbond substituents is 1. The van der Waals surface area contributed by atoms with Gasteiger partial charge in [0, 0.05) is 18.0 Å². The summed E-state index contributed by atoms with van der Waals surface area (Å²) in [4.78, 5) is 11.8. The van der Waals surface area contributed by atoms with E-state index in [1.807, 2.05) is 30.3 Å². The first kappa shape index (κ1) is 16.7. The normalized spacial score (nSPS) is 25.0. The highest BCUT2D eigenvalue weighted by Crippen LogP contribution is 2.49. The third-order valence-corrected chi connectivity index (χ3v) is 6.20. The van der Waals surface area contributed by atoms with E-state index in [1.165, 1.54) is 0 Å². The van der Waals surface area contributed by atoms with E-state index >= 15 is 0 Å². The molecule has 1 saturated heterocycles. The van der Waals surface area contributed by atoms with E-state index in [0.29, 0.717) is 15.5 Å². The van der Waals surface area contributed by atoms with Crippen LogP contribution in [-0.2, 0) is 0 Å². The maximum atomic E-state index is 10.1. The summed E-state index contributed by atoms with van der Waals surface area (Å²) in [5.74, 6) is 0.571. The number of nitrogens with zero attached hydrogens (tertiary/aromatic N) is 3. The number of methoxy groups -OCH3 is 1. The van der Waals surface area contributed by atoms with Gasteiger partial charge in [-0.3, -0.25) is 9.98 Å². The molecule has 4 rings (SSSR count). The molecule has 3 heterocycles. The molecule has 0 amide bonds. The van der Waals surface area contributed by atoms with Crippen LogP contribution in [0.3, 0.4) is 0 Å². The number of phenols is 1. The van der Waals surface area contributed by atoms with Gasteiger partial charge in [-0.05, 0) is 45.8 Å². The molecular formula is C18H18BrN3O2S. The molecule has 1 aromatic heterocycles. The Kier molecular flexibility index (Phi) is 4.37. The van der Waals surface area contributed by atoms with Gasteiger partial charge < -0.3 is 14.7 Å². The molecule has 2 aliphatic rings. The van der Waals surface area contributed by atoms with E-state index in [1.54, 1.807) is 25.1 Å². The van der Waals surface area contributed by atoms with Gasteiger partial charge in [0.2, 0.25) is 0 Å². The summed E-state index contributed by atoms with van der Waals surface area (Å²) < 4.78 is 5.96. The molecule has 0 aliphatic carbocycles. The lowest BCUT2D eigenvalue weighted by Crippen LogP contribution is -2.28. The molecule has 1 aromatic carbocycles. The van der Waals surface area contributed by atoms with Gasteiger partial charge in [-0.2, -0.15) is 0 Å². The highest BCUT2D eigenvalue weighted by Gasteiger charge is 2.43. The quantitative estimate of drug-likeness (QED) is 0.809. The first-order valence-electron chi connectivity index (χ1n) is 8.07. The number of ether oxygens (including phenoxy) is 1. The van der Waals surface area contributed by atoms with Gasteiger partial charge in [-0.1, -0.05) is 24.8 Å². The first-order chi connectivity index (χ1) is 12.1. The lowest BCUT2D eigenvalue weighted by atomic mass is 9.96. The smallest absolute Gasteiger partial charge is 0.172 e. The fourth-order valence-electron chi connectivity index (χ4n) is 3.40. The number of hydrogen-bond donors (Lipinski definition) is 1. The molecule has 0 spiro atoms. The van der Waals surface area contributed by atoms with Crippen molar-refractivity contribution in [3.63, 3.8) is 0 Å². The van der Waals surface area contributed by atoms with Crippen molar-refractivity contribution >= 4 is 32.9 Å². The summed E-state index contributed by atoms with van der Waals surface area (Å²) in [7, 11) is 1.56. The monoisotopic (exact) mass is 419 g/mol. The zero-order chi connectivity index (χ0) is 17.6. The molecule has 2 aliphatic heterocycles. The van der Waals surface area contributed by atoms with E-state index in [9.17, 15) is 5.11 Å². The molecule has 130 valence electrons. The van der Waals surface area contributed by atoms with Gasteiger partial charge in [0.05, 0.1) is 23.3 Å². The van der Waals surface area contributed by atoms with Crippen LogP contribution in [-0.4, -0.2) is 39.1 Å². The zero-order valence-corrected chi connectivity index (χ0v) is 16.3. The molecule has 0 unspecified atom stereocenters. The summed E-state index contributed by atoms with van der Waals surface area (Å²) >= 11 is 5.24. The van der Waals surface area contributed by atoms with Gasteiger partial charge in [-0.25, -0.2) is 0 Å². The van der Waals surface area contributed by atoms with Crippen LogP contribution in [0.25, 0.3) is 0 Å². The van der Waals surface area contributed by atoms with Crippen LogP contribution in [0.4, 0.5) is 0 Å². The molecule has 0 radical (unpaired) electrons. The minimum atomic E-state index is -0.0719. The Morgan fingerprint density at radius 2 is 2.20 bits per heavy atom. The number of thioether (sulfide) groups is 1. The van der Waals surface area contributed by atoms with Crippen molar-refractivity contribution in [2.45, 2.75) is 24.3 Å². The van der Waals surface area contributed by atoms with Crippen LogP contribution < -0.4 is 4.74 Å². The highest BCUT2D eigenvalue weighted by atomic mass is 79.9. The van der Waals surface area contributed by atoms with Crippen LogP contribution in [0.2, 0.25) is 0 Å². The van der Waals surface area contributed by atoms with E-state index in [0.717, 1.165) is 23.0 Å². The van der Waals surface area contributed by atoms with Crippen molar-refractivity contribution in [2.24, 2.45) is 4.99 Å². The molecular weight excluding hydrogens is 402 g/mol. The van der Waals surface area contributed by atoms with E-state index < -0.39 is 0 Å². The van der Waals surface area contributed by atoms with Crippen LogP contribution in [0, 0.1) is 0 Å². The van der Waals surface area contributed by atoms with Crippen LogP contribution >= 0.6 is 27.7 Å². The fourth-order valence-corrected chi connectivity index (χ4v) is 4.95. The Bertz CT molecular complexity index is 831. The molecule has 0 saturated carbocycles. The molecule has 0 bridgehead atoms. The minimum absolute atomic E-state index is 0.0353. The summed E-state index contributed by atoms with van der Waals surface area (Å²) in [5.41, 5.74) is 2.00. The molecule has 5 nitrogen and oxygen atoms in total. The largest absolute Gasteiger partial charge is 0.503 e. The van der Waals surface area contributed by atoms with Gasteiger partial charge in [0.25, 0.3) is 0 Å². The van der Waals surface area contributed by atoms with Crippen molar-refractivity contribution in [1.82, 2.24) is 9.88 Å². The number of fused-ring (bicyclic) bond motifs is 1. The molecule has 7 heteroatoms. The minimum Gasteiger partial charge on any atom is -0.503 e. The van der Waals surface area contributed by atoms with Crippen LogP contribution in [0.5, 0.6) is 11.5 Å². The number of aliphatic imine (C=N–C) groups is 1. The maximum absolute atomic E-state index is 10.1. The summed E-state index contributed by atoms with van der Waals surface area (Å²) in [6.07, 6.45) is 1.80. The van der Waals surface area contributed by atoms with Crippen molar-refractivity contribution in [3.8, 4) is 11.5 Å². The van der Waals surface area contributed by atoms with Crippen LogP contribution in [0.1, 0.15) is 30.3 Å². The topological polar surface area (TPSA) is 58.0 Å². The molecule has 1 N–H and O–H groups in total. The standard InChI is InChI=1S/C18H18BrN3O2S/c1-10-9-22-16(11-7-12(19)17(23)14(8-11)24-2)15(21-18(22)25-10)13-5-3-4-6-20-13/h3-8,10,15-16,23H,9H2,1-2H3/t10-,15+,16-/m1/s1. The number of amidine groups is 1. The van der Waals surface area contributed by atoms with Crippen molar-refractivity contribution in [3.05, 3.63) is 52.3 Å². The first-order valence-corrected chi connectivity index (χ1v) is 9.74. The van der Waals surface area contributed by atoms with E-state index in [4.69, 9.17) is 9.73 Å². The number of hydrogen-bond acceptors (Lipinski definition) is 6. The summed E-state index contributed by atoms with van der Waals surface area (Å²) in [6, 6.07) is 9.73. The predicted molar refractivity (Wildman–Crippen MR) is 103 cm³/mol. The lowest BCUT2D eigenvalue weighted by molar-refractivity contribution is 0.318. The number of halogens is 1. The van der Waals surface area contributed by atoms with E-state index in [-0.39, 0.29) is 17.8 Å². The third kappa shape index (κ3) is 2.89. The van der Waals surface area contributed by atoms with Crippen molar-refractivity contribution in [2.75, 3.05) is 13.7 Å². The Hall–Kier alpha value is -1.73. The lowest BCUT2D eigenvalue weighted by Gasteiger charge is -2.28. The second kappa shape index (κ2) is 6.53. The van der Waals surface area contributed by atoms with Crippen molar-refractivity contribution < 1.29 is 9.84 Å². The third-order valence-electron chi connectivity index (χ3n) is 4.49. The average molecular weight is 420 g/mol. The predicted octanol–water partition coefficient (Wildman–Crippen LogP) is 4.15. The van der Waals surface area contributed by atoms with E-state index in [2.05, 4.69) is 32.7 Å². The number of aromatic hydroxyl groups is 1. The van der Waals surface area contributed by atoms with Crippen LogP contribution in [0.15, 0.2) is 46.0 Å². The molecule has 3 atom stereocenters. The number of aromatic nitrogens is 1. The Balaban J connectivity index is 1.81.